The van der Waals surface area contributed by atoms with Gasteiger partial charge in [-0.2, -0.15) is 0 Å². The van der Waals surface area contributed by atoms with Gasteiger partial charge in [0.15, 0.2) is 0 Å². The van der Waals surface area contributed by atoms with Crippen molar-refractivity contribution in [2.45, 2.75) is 6.92 Å². The number of benzene rings is 2. The second-order valence-corrected chi connectivity index (χ2v) is 4.77. The number of anilines is 2. The molecule has 2 aromatic rings. The predicted octanol–water partition coefficient (Wildman–Crippen LogP) is 4.08. The minimum Gasteiger partial charge on any atom is -0.388 e. The Morgan fingerprint density at radius 1 is 1.20 bits per heavy atom. The molecule has 5 heteroatoms. The highest BCUT2D eigenvalue weighted by molar-refractivity contribution is 6.31. The van der Waals surface area contributed by atoms with E-state index in [0.717, 1.165) is 11.3 Å². The Morgan fingerprint density at radius 2 is 1.95 bits per heavy atom. The fourth-order valence-electron chi connectivity index (χ4n) is 1.86. The van der Waals surface area contributed by atoms with Gasteiger partial charge in [0.05, 0.1) is 5.02 Å². The predicted molar refractivity (Wildman–Crippen MR) is 80.1 cm³/mol. The van der Waals surface area contributed by atoms with Crippen molar-refractivity contribution in [3.05, 3.63) is 58.4 Å². The van der Waals surface area contributed by atoms with E-state index in [4.69, 9.17) is 11.6 Å². The van der Waals surface area contributed by atoms with Crippen LogP contribution in [0.4, 0.5) is 15.8 Å². The first kappa shape index (κ1) is 14.3. The zero-order chi connectivity index (χ0) is 14.7. The smallest absolute Gasteiger partial charge is 0.255 e. The Balaban J connectivity index is 2.19. The molecule has 0 aliphatic heterocycles. The van der Waals surface area contributed by atoms with Crippen LogP contribution in [0.5, 0.6) is 0 Å². The third kappa shape index (κ3) is 3.08. The zero-order valence-electron chi connectivity index (χ0n) is 11.1. The SMILES string of the molecule is CNc1ccc(C(=O)Nc2ccc(F)c(Cl)c2)cc1C. The molecule has 0 atom stereocenters. The van der Waals surface area contributed by atoms with E-state index >= 15 is 0 Å². The standard InChI is InChI=1S/C15H14ClFN2O/c1-9-7-10(3-6-14(9)18-2)15(20)19-11-4-5-13(17)12(16)8-11/h3-8,18H,1-2H3,(H,19,20). The van der Waals surface area contributed by atoms with E-state index in [1.54, 1.807) is 12.1 Å². The van der Waals surface area contributed by atoms with Gasteiger partial charge < -0.3 is 10.6 Å². The molecule has 20 heavy (non-hydrogen) atoms. The average Bonchev–Trinajstić information content (AvgIpc) is 2.42. The highest BCUT2D eigenvalue weighted by atomic mass is 35.5. The molecule has 0 heterocycles. The van der Waals surface area contributed by atoms with Gasteiger partial charge in [0.2, 0.25) is 0 Å². The van der Waals surface area contributed by atoms with E-state index < -0.39 is 5.82 Å². The Kier molecular flexibility index (Phi) is 4.25. The summed E-state index contributed by atoms with van der Waals surface area (Å²) in [7, 11) is 1.82. The maximum atomic E-state index is 13.0. The lowest BCUT2D eigenvalue weighted by Gasteiger charge is -2.09. The molecule has 3 nitrogen and oxygen atoms in total. The lowest BCUT2D eigenvalue weighted by atomic mass is 10.1. The fraction of sp³-hybridized carbons (Fsp3) is 0.133. The zero-order valence-corrected chi connectivity index (χ0v) is 11.9. The maximum Gasteiger partial charge on any atom is 0.255 e. The Bertz CT molecular complexity index is 658. The van der Waals surface area contributed by atoms with Gasteiger partial charge in [0, 0.05) is 24.0 Å². The largest absolute Gasteiger partial charge is 0.388 e. The van der Waals surface area contributed by atoms with Crippen molar-refractivity contribution in [3.63, 3.8) is 0 Å². The number of hydrogen-bond donors (Lipinski definition) is 2. The van der Waals surface area contributed by atoms with Crippen molar-refractivity contribution < 1.29 is 9.18 Å². The molecule has 0 aliphatic carbocycles. The van der Waals surface area contributed by atoms with Crippen molar-refractivity contribution >= 4 is 28.9 Å². The summed E-state index contributed by atoms with van der Waals surface area (Å²) in [5.74, 6) is -0.780. The fourth-order valence-corrected chi connectivity index (χ4v) is 2.04. The normalized spacial score (nSPS) is 10.2. The third-order valence-electron chi connectivity index (χ3n) is 2.94. The van der Waals surface area contributed by atoms with E-state index in [1.807, 2.05) is 20.0 Å². The van der Waals surface area contributed by atoms with Gasteiger partial charge in [-0.3, -0.25) is 4.79 Å². The highest BCUT2D eigenvalue weighted by Gasteiger charge is 2.09. The summed E-state index contributed by atoms with van der Waals surface area (Å²) in [5.41, 5.74) is 2.92. The summed E-state index contributed by atoms with van der Waals surface area (Å²) < 4.78 is 13.0. The van der Waals surface area contributed by atoms with Crippen LogP contribution in [0.2, 0.25) is 5.02 Å². The molecule has 0 bridgehead atoms. The molecule has 0 radical (unpaired) electrons. The van der Waals surface area contributed by atoms with E-state index in [1.165, 1.54) is 18.2 Å². The third-order valence-corrected chi connectivity index (χ3v) is 3.23. The summed E-state index contributed by atoms with van der Waals surface area (Å²) in [5, 5.41) is 5.69. The van der Waals surface area contributed by atoms with Gasteiger partial charge in [0.1, 0.15) is 5.82 Å². The second kappa shape index (κ2) is 5.92. The summed E-state index contributed by atoms with van der Waals surface area (Å²) in [6.07, 6.45) is 0. The van der Waals surface area contributed by atoms with Crippen LogP contribution in [0.3, 0.4) is 0 Å². The first-order chi connectivity index (χ1) is 9.51. The summed E-state index contributed by atoms with van der Waals surface area (Å²) in [6, 6.07) is 9.40. The minimum absolute atomic E-state index is 0.0236. The molecule has 104 valence electrons. The lowest BCUT2D eigenvalue weighted by molar-refractivity contribution is 0.102. The molecular weight excluding hydrogens is 279 g/mol. The van der Waals surface area contributed by atoms with Crippen LogP contribution in [0, 0.1) is 12.7 Å². The van der Waals surface area contributed by atoms with Gasteiger partial charge in [-0.15, -0.1) is 0 Å². The van der Waals surface area contributed by atoms with Crippen molar-refractivity contribution in [2.75, 3.05) is 17.7 Å². The molecular formula is C15H14ClFN2O. The van der Waals surface area contributed by atoms with Gasteiger partial charge in [-0.05, 0) is 48.9 Å². The molecule has 2 rings (SSSR count). The van der Waals surface area contributed by atoms with Crippen molar-refractivity contribution in [2.24, 2.45) is 0 Å². The van der Waals surface area contributed by atoms with E-state index in [-0.39, 0.29) is 10.9 Å². The van der Waals surface area contributed by atoms with E-state index in [2.05, 4.69) is 10.6 Å². The molecule has 1 amide bonds. The van der Waals surface area contributed by atoms with Crippen LogP contribution < -0.4 is 10.6 Å². The molecule has 2 N–H and O–H groups in total. The summed E-state index contributed by atoms with van der Waals surface area (Å²) in [6.45, 7) is 1.91. The number of aryl methyl sites for hydroxylation is 1. The second-order valence-electron chi connectivity index (χ2n) is 4.36. The van der Waals surface area contributed by atoms with Crippen LogP contribution in [-0.4, -0.2) is 13.0 Å². The topological polar surface area (TPSA) is 41.1 Å². The van der Waals surface area contributed by atoms with Crippen molar-refractivity contribution in [1.29, 1.82) is 0 Å². The number of halogens is 2. The van der Waals surface area contributed by atoms with Crippen LogP contribution in [0.1, 0.15) is 15.9 Å². The number of hydrogen-bond acceptors (Lipinski definition) is 2. The number of carbonyl (C=O) groups is 1. The maximum absolute atomic E-state index is 13.0. The molecule has 2 aromatic carbocycles. The van der Waals surface area contributed by atoms with Crippen molar-refractivity contribution in [3.8, 4) is 0 Å². The highest BCUT2D eigenvalue weighted by Crippen LogP contribution is 2.21. The number of rotatable bonds is 3. The summed E-state index contributed by atoms with van der Waals surface area (Å²) >= 11 is 5.67. The first-order valence-corrected chi connectivity index (χ1v) is 6.44. The average molecular weight is 293 g/mol. The van der Waals surface area contributed by atoms with E-state index in [0.29, 0.717) is 11.3 Å². The van der Waals surface area contributed by atoms with Crippen LogP contribution in [0.25, 0.3) is 0 Å². The van der Waals surface area contributed by atoms with Crippen molar-refractivity contribution in [1.82, 2.24) is 0 Å². The van der Waals surface area contributed by atoms with Gasteiger partial charge in [-0.25, -0.2) is 4.39 Å². The first-order valence-electron chi connectivity index (χ1n) is 6.06. The molecule has 0 spiro atoms. The number of carbonyl (C=O) groups excluding carboxylic acids is 1. The Morgan fingerprint density at radius 3 is 2.55 bits per heavy atom. The van der Waals surface area contributed by atoms with Gasteiger partial charge in [0.25, 0.3) is 5.91 Å². The van der Waals surface area contributed by atoms with Crippen LogP contribution >= 0.6 is 11.6 Å². The molecule has 0 unspecified atom stereocenters. The molecule has 0 saturated heterocycles. The quantitative estimate of drug-likeness (QED) is 0.895. The van der Waals surface area contributed by atoms with Gasteiger partial charge in [-0.1, -0.05) is 11.6 Å². The summed E-state index contributed by atoms with van der Waals surface area (Å²) in [4.78, 5) is 12.1. The molecule has 0 saturated carbocycles. The number of nitrogens with one attached hydrogen (secondary N) is 2. The van der Waals surface area contributed by atoms with Crippen LogP contribution in [-0.2, 0) is 0 Å². The molecule has 0 aliphatic rings. The van der Waals surface area contributed by atoms with E-state index in [9.17, 15) is 9.18 Å². The van der Waals surface area contributed by atoms with Gasteiger partial charge >= 0.3 is 0 Å². The minimum atomic E-state index is -0.515. The Labute approximate surface area is 121 Å². The molecule has 0 aromatic heterocycles. The Hall–Kier alpha value is -2.07. The number of amides is 1. The van der Waals surface area contributed by atoms with Crippen LogP contribution in [0.15, 0.2) is 36.4 Å². The lowest BCUT2D eigenvalue weighted by Crippen LogP contribution is -2.12. The molecule has 0 fully saturated rings. The monoisotopic (exact) mass is 292 g/mol.